The first-order chi connectivity index (χ1) is 3.85. The van der Waals surface area contributed by atoms with Crippen molar-refractivity contribution in [3.8, 4) is 0 Å². The summed E-state index contributed by atoms with van der Waals surface area (Å²) in [6, 6.07) is 0. The topological polar surface area (TPSA) is 34.1 Å². The van der Waals surface area contributed by atoms with E-state index in [0.717, 1.165) is 6.92 Å². The molecule has 0 spiro atoms. The van der Waals surface area contributed by atoms with Crippen molar-refractivity contribution in [2.75, 3.05) is 0 Å². The van der Waals surface area contributed by atoms with Crippen LogP contribution in [0.5, 0.6) is 0 Å². The van der Waals surface area contributed by atoms with E-state index in [-0.39, 0.29) is 0 Å². The van der Waals surface area contributed by atoms with E-state index in [4.69, 9.17) is 0 Å². The number of alkyl halides is 2. The van der Waals surface area contributed by atoms with Crippen molar-refractivity contribution < 1.29 is 17.2 Å². The standard InChI is InChI=1S/C3H5ClF2O2S/c1-2(3(5)6)9(4,7)8/h2-3H,1H3/t2-/m1/s1. The molecule has 0 N–H and O–H groups in total. The first-order valence-corrected chi connectivity index (χ1v) is 4.44. The lowest BCUT2D eigenvalue weighted by atomic mass is 10.5. The minimum absolute atomic E-state index is 0.854. The van der Waals surface area contributed by atoms with Crippen LogP contribution in [0.25, 0.3) is 0 Å². The summed E-state index contributed by atoms with van der Waals surface area (Å²) in [5.41, 5.74) is 0. The van der Waals surface area contributed by atoms with Gasteiger partial charge in [-0.1, -0.05) is 0 Å². The number of hydrogen-bond donors (Lipinski definition) is 0. The normalized spacial score (nSPS) is 16.1. The van der Waals surface area contributed by atoms with E-state index in [9.17, 15) is 17.2 Å². The fourth-order valence-corrected chi connectivity index (χ4v) is 0.602. The molecule has 0 fully saturated rings. The predicted molar refractivity (Wildman–Crippen MR) is 30.2 cm³/mol. The van der Waals surface area contributed by atoms with Crippen LogP contribution in [0.15, 0.2) is 0 Å². The number of halogens is 3. The van der Waals surface area contributed by atoms with Gasteiger partial charge in [0.05, 0.1) is 0 Å². The monoisotopic (exact) mass is 178 g/mol. The summed E-state index contributed by atoms with van der Waals surface area (Å²) in [6.45, 7) is 0.854. The zero-order valence-electron chi connectivity index (χ0n) is 4.51. The molecule has 2 nitrogen and oxygen atoms in total. The summed E-state index contributed by atoms with van der Waals surface area (Å²) < 4.78 is 43.0. The summed E-state index contributed by atoms with van der Waals surface area (Å²) in [4.78, 5) is 0. The summed E-state index contributed by atoms with van der Waals surface area (Å²) in [7, 11) is 0.491. The summed E-state index contributed by atoms with van der Waals surface area (Å²) in [6.07, 6.45) is -2.91. The van der Waals surface area contributed by atoms with Crippen molar-refractivity contribution in [2.24, 2.45) is 0 Å². The molecule has 0 aliphatic carbocycles. The summed E-state index contributed by atoms with van der Waals surface area (Å²) in [5, 5.41) is -1.78. The average Bonchev–Trinajstić information content (AvgIpc) is 1.62. The van der Waals surface area contributed by atoms with E-state index in [0.29, 0.717) is 0 Å². The number of hydrogen-bond acceptors (Lipinski definition) is 2. The highest BCUT2D eigenvalue weighted by molar-refractivity contribution is 8.14. The van der Waals surface area contributed by atoms with Crippen LogP contribution >= 0.6 is 10.7 Å². The minimum Gasteiger partial charge on any atom is -0.212 e. The maximum absolute atomic E-state index is 11.5. The van der Waals surface area contributed by atoms with Crippen LogP contribution in [0.3, 0.4) is 0 Å². The van der Waals surface area contributed by atoms with Gasteiger partial charge in [0.15, 0.2) is 0 Å². The SMILES string of the molecule is C[C@H](C(F)F)S(=O)(=O)Cl. The molecule has 0 bridgehead atoms. The summed E-state index contributed by atoms with van der Waals surface area (Å²) >= 11 is 0. The molecule has 0 rings (SSSR count). The van der Waals surface area contributed by atoms with Gasteiger partial charge in [0.2, 0.25) is 9.05 Å². The Bertz CT molecular complexity index is 176. The van der Waals surface area contributed by atoms with E-state index in [1.165, 1.54) is 0 Å². The molecule has 56 valence electrons. The van der Waals surface area contributed by atoms with Gasteiger partial charge >= 0.3 is 0 Å². The fourth-order valence-electron chi connectivity index (χ4n) is 0.123. The van der Waals surface area contributed by atoms with Crippen molar-refractivity contribution in [1.29, 1.82) is 0 Å². The van der Waals surface area contributed by atoms with E-state index >= 15 is 0 Å². The van der Waals surface area contributed by atoms with Gasteiger partial charge in [-0.2, -0.15) is 0 Å². The Morgan fingerprint density at radius 2 is 1.78 bits per heavy atom. The van der Waals surface area contributed by atoms with Crippen molar-refractivity contribution >= 4 is 19.7 Å². The van der Waals surface area contributed by atoms with Crippen LogP contribution in [0, 0.1) is 0 Å². The van der Waals surface area contributed by atoms with Crippen LogP contribution in [0.1, 0.15) is 6.92 Å². The van der Waals surface area contributed by atoms with E-state index in [2.05, 4.69) is 10.7 Å². The van der Waals surface area contributed by atoms with Gasteiger partial charge < -0.3 is 0 Å². The third kappa shape index (κ3) is 2.95. The quantitative estimate of drug-likeness (QED) is 0.596. The Balaban J connectivity index is 4.24. The average molecular weight is 179 g/mol. The predicted octanol–water partition coefficient (Wildman–Crippen LogP) is 1.21. The first-order valence-electron chi connectivity index (χ1n) is 2.07. The highest BCUT2D eigenvalue weighted by Crippen LogP contribution is 2.13. The first kappa shape index (κ1) is 9.10. The molecule has 0 unspecified atom stereocenters. The zero-order chi connectivity index (χ0) is 7.65. The van der Waals surface area contributed by atoms with E-state index in [1.807, 2.05) is 0 Å². The molecule has 6 heteroatoms. The van der Waals surface area contributed by atoms with Crippen molar-refractivity contribution in [3.63, 3.8) is 0 Å². The molecule has 0 aromatic rings. The largest absolute Gasteiger partial charge is 0.256 e. The molecule has 1 atom stereocenters. The second kappa shape index (κ2) is 2.79. The lowest BCUT2D eigenvalue weighted by Crippen LogP contribution is -2.20. The molecule has 9 heavy (non-hydrogen) atoms. The van der Waals surface area contributed by atoms with Crippen molar-refractivity contribution in [2.45, 2.75) is 18.6 Å². The molecule has 0 radical (unpaired) electrons. The van der Waals surface area contributed by atoms with Crippen LogP contribution in [0.4, 0.5) is 8.78 Å². The Kier molecular flexibility index (Phi) is 2.82. The van der Waals surface area contributed by atoms with Crippen molar-refractivity contribution in [1.82, 2.24) is 0 Å². The van der Waals surface area contributed by atoms with Gasteiger partial charge in [-0.05, 0) is 6.92 Å². The molecule has 0 aromatic carbocycles. The third-order valence-electron chi connectivity index (χ3n) is 0.799. The van der Waals surface area contributed by atoms with Gasteiger partial charge in [-0.3, -0.25) is 0 Å². The Hall–Kier alpha value is 0.1000. The van der Waals surface area contributed by atoms with Crippen LogP contribution in [-0.4, -0.2) is 20.1 Å². The van der Waals surface area contributed by atoms with Crippen LogP contribution < -0.4 is 0 Å². The molecule has 0 saturated carbocycles. The molecule has 0 aliphatic rings. The van der Waals surface area contributed by atoms with Gasteiger partial charge in [0, 0.05) is 10.7 Å². The van der Waals surface area contributed by atoms with Gasteiger partial charge in [0.1, 0.15) is 5.25 Å². The van der Waals surface area contributed by atoms with Crippen molar-refractivity contribution in [3.05, 3.63) is 0 Å². The molecule has 0 amide bonds. The third-order valence-corrected chi connectivity index (χ3v) is 2.74. The summed E-state index contributed by atoms with van der Waals surface area (Å²) in [5.74, 6) is 0. The lowest BCUT2D eigenvalue weighted by Gasteiger charge is -2.03. The maximum atomic E-state index is 11.5. The Labute approximate surface area is 56.2 Å². The Morgan fingerprint density at radius 3 is 1.78 bits per heavy atom. The van der Waals surface area contributed by atoms with E-state index < -0.39 is 20.7 Å². The fraction of sp³-hybridized carbons (Fsp3) is 1.00. The molecule has 0 aliphatic heterocycles. The molecular formula is C3H5ClF2O2S. The van der Waals surface area contributed by atoms with Crippen LogP contribution in [0.2, 0.25) is 0 Å². The van der Waals surface area contributed by atoms with Gasteiger partial charge in [-0.15, -0.1) is 0 Å². The Morgan fingerprint density at radius 1 is 1.44 bits per heavy atom. The molecule has 0 heterocycles. The highest BCUT2D eigenvalue weighted by Gasteiger charge is 2.26. The number of rotatable bonds is 2. The highest BCUT2D eigenvalue weighted by atomic mass is 35.7. The maximum Gasteiger partial charge on any atom is 0.256 e. The second-order valence-corrected chi connectivity index (χ2v) is 4.50. The van der Waals surface area contributed by atoms with E-state index in [1.54, 1.807) is 0 Å². The smallest absolute Gasteiger partial charge is 0.212 e. The minimum atomic E-state index is -4.08. The lowest BCUT2D eigenvalue weighted by molar-refractivity contribution is 0.147. The van der Waals surface area contributed by atoms with Gasteiger partial charge in [-0.25, -0.2) is 17.2 Å². The van der Waals surface area contributed by atoms with Gasteiger partial charge in [0.25, 0.3) is 6.43 Å². The zero-order valence-corrected chi connectivity index (χ0v) is 6.09. The molecule has 0 saturated heterocycles. The van der Waals surface area contributed by atoms with Crippen LogP contribution in [-0.2, 0) is 9.05 Å². The second-order valence-electron chi connectivity index (χ2n) is 1.52. The molecular weight excluding hydrogens is 174 g/mol. The molecule has 0 aromatic heterocycles.